The van der Waals surface area contributed by atoms with Gasteiger partial charge in [-0.15, -0.1) is 0 Å². The number of carbonyl (C=O) groups excluding carboxylic acids is 1. The van der Waals surface area contributed by atoms with Gasteiger partial charge in [-0.2, -0.15) is 13.2 Å². The third kappa shape index (κ3) is 3.59. The Kier molecular flexibility index (Phi) is 4.62. The molecule has 2 unspecified atom stereocenters. The van der Waals surface area contributed by atoms with Gasteiger partial charge in [0.05, 0.1) is 5.41 Å². The Bertz CT molecular complexity index is 282. The van der Waals surface area contributed by atoms with Gasteiger partial charge in [0.1, 0.15) is 6.10 Å². The Morgan fingerprint density at radius 3 is 2.00 bits per heavy atom. The van der Waals surface area contributed by atoms with Crippen molar-refractivity contribution >= 4 is 5.97 Å². The summed E-state index contributed by atoms with van der Waals surface area (Å²) < 4.78 is 42.1. The van der Waals surface area contributed by atoms with Gasteiger partial charge in [0, 0.05) is 0 Å². The molecule has 0 aliphatic carbocycles. The number of halogens is 3. The van der Waals surface area contributed by atoms with Crippen molar-refractivity contribution in [2.24, 2.45) is 5.41 Å². The largest absolute Gasteiger partial charge is 0.459 e. The van der Waals surface area contributed by atoms with Crippen molar-refractivity contribution in [3.05, 3.63) is 0 Å². The molecule has 0 amide bonds. The maximum atomic E-state index is 12.5. The first-order valence-electron chi connectivity index (χ1n) is 5.36. The van der Waals surface area contributed by atoms with E-state index in [4.69, 9.17) is 0 Å². The molecule has 0 heterocycles. The summed E-state index contributed by atoms with van der Waals surface area (Å²) in [4.78, 5) is 11.6. The van der Waals surface area contributed by atoms with Gasteiger partial charge in [-0.3, -0.25) is 4.79 Å². The van der Waals surface area contributed by atoms with Crippen LogP contribution in [-0.2, 0) is 9.53 Å². The van der Waals surface area contributed by atoms with Gasteiger partial charge in [-0.1, -0.05) is 6.92 Å². The molecule has 0 aromatic heterocycles. The topological polar surface area (TPSA) is 46.5 Å². The normalized spacial score (nSPS) is 18.4. The van der Waals surface area contributed by atoms with Crippen molar-refractivity contribution < 1.29 is 27.8 Å². The molecule has 0 saturated heterocycles. The van der Waals surface area contributed by atoms with Crippen LogP contribution in [0, 0.1) is 5.41 Å². The average molecular weight is 256 g/mol. The van der Waals surface area contributed by atoms with E-state index in [-0.39, 0.29) is 0 Å². The highest BCUT2D eigenvalue weighted by Crippen LogP contribution is 2.35. The van der Waals surface area contributed by atoms with Crippen LogP contribution < -0.4 is 0 Å². The van der Waals surface area contributed by atoms with Crippen LogP contribution in [0.2, 0.25) is 0 Å². The van der Waals surface area contributed by atoms with E-state index in [9.17, 15) is 23.1 Å². The summed E-state index contributed by atoms with van der Waals surface area (Å²) in [6.07, 6.45) is -6.06. The van der Waals surface area contributed by atoms with Crippen LogP contribution in [0.4, 0.5) is 13.2 Å². The van der Waals surface area contributed by atoms with Gasteiger partial charge in [-0.05, 0) is 34.1 Å². The van der Waals surface area contributed by atoms with Crippen LogP contribution in [0.3, 0.4) is 0 Å². The maximum absolute atomic E-state index is 12.5. The maximum Gasteiger partial charge on any atom is 0.420 e. The molecular weight excluding hydrogens is 237 g/mol. The van der Waals surface area contributed by atoms with Crippen LogP contribution in [-0.4, -0.2) is 29.0 Å². The first-order valence-corrected chi connectivity index (χ1v) is 5.36. The molecule has 0 rings (SSSR count). The van der Waals surface area contributed by atoms with Crippen molar-refractivity contribution in [1.29, 1.82) is 0 Å². The monoisotopic (exact) mass is 256 g/mol. The minimum absolute atomic E-state index is 0.437. The second-order valence-corrected chi connectivity index (χ2v) is 4.93. The van der Waals surface area contributed by atoms with E-state index in [0.717, 1.165) is 6.92 Å². The highest BCUT2D eigenvalue weighted by Gasteiger charge is 2.55. The number of rotatable bonds is 4. The summed E-state index contributed by atoms with van der Waals surface area (Å²) in [5, 5.41) is 9.30. The van der Waals surface area contributed by atoms with Crippen LogP contribution in [0.15, 0.2) is 0 Å². The molecule has 0 aromatic carbocycles. The van der Waals surface area contributed by atoms with Crippen molar-refractivity contribution in [2.75, 3.05) is 0 Å². The Hall–Kier alpha value is -0.780. The third-order valence-electron chi connectivity index (χ3n) is 3.09. The molecule has 0 bridgehead atoms. The Morgan fingerprint density at radius 2 is 1.71 bits per heavy atom. The minimum Gasteiger partial charge on any atom is -0.459 e. The lowest BCUT2D eigenvalue weighted by Crippen LogP contribution is -2.53. The Balaban J connectivity index is 4.78. The average Bonchev–Trinajstić information content (AvgIpc) is 2.15. The van der Waals surface area contributed by atoms with Gasteiger partial charge in [0.25, 0.3) is 0 Å². The van der Waals surface area contributed by atoms with E-state index in [1.165, 1.54) is 0 Å². The fourth-order valence-corrected chi connectivity index (χ4v) is 0.810. The smallest absolute Gasteiger partial charge is 0.420 e. The van der Waals surface area contributed by atoms with Gasteiger partial charge in [0.15, 0.2) is 5.60 Å². The van der Waals surface area contributed by atoms with E-state index in [1.54, 1.807) is 20.8 Å². The lowest BCUT2D eigenvalue weighted by molar-refractivity contribution is -0.283. The summed E-state index contributed by atoms with van der Waals surface area (Å²) >= 11 is 0. The van der Waals surface area contributed by atoms with Crippen LogP contribution in [0.25, 0.3) is 0 Å². The second-order valence-electron chi connectivity index (χ2n) is 4.93. The molecule has 3 nitrogen and oxygen atoms in total. The standard InChI is InChI=1S/C11H19F3O3/c1-6-9(3,4)8(15)17-7(2)10(5,16)11(12,13)14/h7,16H,6H2,1-5H3. The number of hydrogen-bond donors (Lipinski definition) is 1. The van der Waals surface area contributed by atoms with Crippen LogP contribution in [0.5, 0.6) is 0 Å². The molecule has 0 saturated carbocycles. The van der Waals surface area contributed by atoms with Crippen LogP contribution in [0.1, 0.15) is 41.0 Å². The molecule has 0 aromatic rings. The van der Waals surface area contributed by atoms with E-state index >= 15 is 0 Å². The van der Waals surface area contributed by atoms with Crippen molar-refractivity contribution in [3.63, 3.8) is 0 Å². The molecule has 2 atom stereocenters. The SMILES string of the molecule is CCC(C)(C)C(=O)OC(C)C(C)(O)C(F)(F)F. The number of esters is 1. The predicted molar refractivity (Wildman–Crippen MR) is 56.3 cm³/mol. The molecular formula is C11H19F3O3. The zero-order valence-corrected chi connectivity index (χ0v) is 10.7. The second kappa shape index (κ2) is 4.84. The first-order chi connectivity index (χ1) is 7.36. The summed E-state index contributed by atoms with van der Waals surface area (Å²) in [6.45, 7) is 6.49. The van der Waals surface area contributed by atoms with E-state index < -0.39 is 29.3 Å². The fourth-order valence-electron chi connectivity index (χ4n) is 0.810. The Morgan fingerprint density at radius 1 is 1.29 bits per heavy atom. The lowest BCUT2D eigenvalue weighted by atomic mass is 9.90. The number of aliphatic hydroxyl groups is 1. The molecule has 0 aliphatic heterocycles. The molecule has 0 aliphatic rings. The summed E-state index contributed by atoms with van der Waals surface area (Å²) in [6, 6.07) is 0. The lowest BCUT2D eigenvalue weighted by Gasteiger charge is -2.33. The fraction of sp³-hybridized carbons (Fsp3) is 0.909. The van der Waals surface area contributed by atoms with Gasteiger partial charge in [-0.25, -0.2) is 0 Å². The highest BCUT2D eigenvalue weighted by molar-refractivity contribution is 5.76. The summed E-state index contributed by atoms with van der Waals surface area (Å²) in [5.41, 5.74) is -3.91. The summed E-state index contributed by atoms with van der Waals surface area (Å²) in [7, 11) is 0. The predicted octanol–water partition coefficient (Wildman–Crippen LogP) is 2.67. The number of ether oxygens (including phenoxy) is 1. The Labute approximate surface area is 99.0 Å². The molecule has 17 heavy (non-hydrogen) atoms. The van der Waals surface area contributed by atoms with Gasteiger partial charge >= 0.3 is 12.1 Å². The first kappa shape index (κ1) is 16.2. The number of carbonyl (C=O) groups is 1. The van der Waals surface area contributed by atoms with E-state index in [1.807, 2.05) is 0 Å². The van der Waals surface area contributed by atoms with Crippen molar-refractivity contribution in [1.82, 2.24) is 0 Å². The quantitative estimate of drug-likeness (QED) is 0.786. The van der Waals surface area contributed by atoms with E-state index in [0.29, 0.717) is 13.3 Å². The van der Waals surface area contributed by atoms with Crippen molar-refractivity contribution in [2.45, 2.75) is 58.9 Å². The van der Waals surface area contributed by atoms with Crippen LogP contribution >= 0.6 is 0 Å². The molecule has 0 radical (unpaired) electrons. The van der Waals surface area contributed by atoms with Crippen molar-refractivity contribution in [3.8, 4) is 0 Å². The zero-order chi connectivity index (χ0) is 14.1. The molecule has 102 valence electrons. The molecule has 0 fully saturated rings. The molecule has 1 N–H and O–H groups in total. The molecule has 0 spiro atoms. The van der Waals surface area contributed by atoms with Gasteiger partial charge < -0.3 is 9.84 Å². The number of alkyl halides is 3. The zero-order valence-electron chi connectivity index (χ0n) is 10.7. The molecule has 6 heteroatoms. The van der Waals surface area contributed by atoms with E-state index in [2.05, 4.69) is 4.74 Å². The summed E-state index contributed by atoms with van der Waals surface area (Å²) in [5.74, 6) is -0.753. The van der Waals surface area contributed by atoms with Gasteiger partial charge in [0.2, 0.25) is 0 Å². The minimum atomic E-state index is -4.84. The third-order valence-corrected chi connectivity index (χ3v) is 3.09. The highest BCUT2D eigenvalue weighted by atomic mass is 19.4. The number of hydrogen-bond acceptors (Lipinski definition) is 3.